The Labute approximate surface area is 157 Å². The summed E-state index contributed by atoms with van der Waals surface area (Å²) in [6.07, 6.45) is 4.17. The van der Waals surface area contributed by atoms with Gasteiger partial charge in [0.1, 0.15) is 5.82 Å². The van der Waals surface area contributed by atoms with E-state index >= 15 is 0 Å². The molecule has 10 nitrogen and oxygen atoms in total. The van der Waals surface area contributed by atoms with Gasteiger partial charge in [0.25, 0.3) is 10.0 Å². The van der Waals surface area contributed by atoms with Gasteiger partial charge in [0.2, 0.25) is 5.90 Å². The zero-order valence-corrected chi connectivity index (χ0v) is 16.2. The van der Waals surface area contributed by atoms with Crippen LogP contribution in [0.2, 0.25) is 0 Å². The molecule has 4 N–H and O–H groups in total. The van der Waals surface area contributed by atoms with Gasteiger partial charge in [0.15, 0.2) is 4.91 Å². The van der Waals surface area contributed by atoms with E-state index in [0.29, 0.717) is 25.4 Å². The number of nitrogens with zero attached hydrogens (tertiary/aromatic N) is 3. The number of aromatic nitrogens is 2. The predicted molar refractivity (Wildman–Crippen MR) is 101 cm³/mol. The molecule has 11 heteroatoms. The number of hydrogen-bond donors (Lipinski definition) is 3. The second-order valence-electron chi connectivity index (χ2n) is 6.65. The molecule has 1 aromatic heterocycles. The van der Waals surface area contributed by atoms with Crippen molar-refractivity contribution in [1.29, 1.82) is 0 Å². The maximum atomic E-state index is 12.5. The van der Waals surface area contributed by atoms with E-state index < -0.39 is 16.1 Å². The fraction of sp³-hybridized carbons (Fsp3) is 0.562. The summed E-state index contributed by atoms with van der Waals surface area (Å²) in [5.74, 6) is 0.437. The van der Waals surface area contributed by atoms with Crippen LogP contribution in [0.25, 0.3) is 0 Å². The van der Waals surface area contributed by atoms with E-state index in [-0.39, 0.29) is 16.8 Å². The van der Waals surface area contributed by atoms with Crippen molar-refractivity contribution in [2.24, 2.45) is 10.7 Å². The van der Waals surface area contributed by atoms with Gasteiger partial charge in [-0.05, 0) is 33.1 Å². The summed E-state index contributed by atoms with van der Waals surface area (Å²) in [6, 6.07) is -0.866. The number of carbonyl (C=O) groups is 1. The summed E-state index contributed by atoms with van der Waals surface area (Å²) in [6.45, 7) is 4.66. The lowest BCUT2D eigenvalue weighted by atomic mass is 10.2. The van der Waals surface area contributed by atoms with E-state index in [1.165, 1.54) is 0 Å². The minimum Gasteiger partial charge on any atom is -0.477 e. The lowest BCUT2D eigenvalue weighted by Gasteiger charge is -2.17. The molecule has 0 radical (unpaired) electrons. The average Bonchev–Trinajstić information content (AvgIpc) is 3.18. The molecule has 1 aliphatic heterocycles. The number of carbonyl (C=O) groups excluding carboxylic acids is 1. The van der Waals surface area contributed by atoms with E-state index in [4.69, 9.17) is 10.5 Å². The van der Waals surface area contributed by atoms with Crippen molar-refractivity contribution in [1.82, 2.24) is 14.5 Å². The number of fused-ring (bicyclic) bond motifs is 1. The molecular formula is C16H24N6O4S. The van der Waals surface area contributed by atoms with Gasteiger partial charge >= 0.3 is 6.03 Å². The molecule has 0 saturated carbocycles. The van der Waals surface area contributed by atoms with Gasteiger partial charge in [0.05, 0.1) is 12.3 Å². The third-order valence-electron chi connectivity index (χ3n) is 4.33. The van der Waals surface area contributed by atoms with Crippen molar-refractivity contribution in [2.45, 2.75) is 45.6 Å². The summed E-state index contributed by atoms with van der Waals surface area (Å²) < 4.78 is 34.0. The highest BCUT2D eigenvalue weighted by atomic mass is 32.2. The number of aliphatic imine (C=N–C) groups is 1. The Morgan fingerprint density at radius 2 is 2.11 bits per heavy atom. The smallest absolute Gasteiger partial charge is 0.334 e. The molecule has 27 heavy (non-hydrogen) atoms. The third kappa shape index (κ3) is 3.92. The Kier molecular flexibility index (Phi) is 5.40. The number of nitrogens with two attached hydrogens (primary N) is 1. The van der Waals surface area contributed by atoms with Crippen LogP contribution in [0.1, 0.15) is 44.0 Å². The highest BCUT2D eigenvalue weighted by molar-refractivity contribution is 7.94. The number of amides is 2. The van der Waals surface area contributed by atoms with E-state index in [9.17, 15) is 13.2 Å². The topological polar surface area (TPSA) is 141 Å². The number of urea groups is 1. The van der Waals surface area contributed by atoms with Gasteiger partial charge in [-0.2, -0.15) is 5.10 Å². The molecular weight excluding hydrogens is 372 g/mol. The number of sulfonamides is 1. The first-order valence-electron chi connectivity index (χ1n) is 8.87. The Balaban J connectivity index is 1.79. The van der Waals surface area contributed by atoms with Gasteiger partial charge in [-0.15, -0.1) is 0 Å². The van der Waals surface area contributed by atoms with Crippen molar-refractivity contribution < 1.29 is 17.9 Å². The van der Waals surface area contributed by atoms with Crippen molar-refractivity contribution in [3.05, 3.63) is 22.4 Å². The molecule has 148 valence electrons. The van der Waals surface area contributed by atoms with Gasteiger partial charge in [-0.1, -0.05) is 0 Å². The van der Waals surface area contributed by atoms with Gasteiger partial charge in [-0.25, -0.2) is 22.6 Å². The Hall–Kier alpha value is -2.56. The largest absolute Gasteiger partial charge is 0.477 e. The average molecular weight is 396 g/mol. The van der Waals surface area contributed by atoms with Crippen LogP contribution < -0.4 is 15.8 Å². The number of anilines is 1. The number of rotatable bonds is 5. The summed E-state index contributed by atoms with van der Waals surface area (Å²) >= 11 is 0. The molecule has 2 aliphatic rings. The Morgan fingerprint density at radius 1 is 1.33 bits per heavy atom. The van der Waals surface area contributed by atoms with E-state index in [1.54, 1.807) is 4.68 Å². The van der Waals surface area contributed by atoms with Crippen molar-refractivity contribution in [3.63, 3.8) is 0 Å². The first kappa shape index (κ1) is 19.2. The zero-order chi connectivity index (χ0) is 19.6. The maximum Gasteiger partial charge on any atom is 0.334 e. The van der Waals surface area contributed by atoms with Crippen molar-refractivity contribution in [2.75, 3.05) is 18.5 Å². The number of aryl methyl sites for hydroxylation is 1. The second-order valence-corrected chi connectivity index (χ2v) is 8.30. The van der Waals surface area contributed by atoms with Crippen LogP contribution in [-0.2, 0) is 27.6 Å². The van der Waals surface area contributed by atoms with E-state index in [1.807, 2.05) is 18.6 Å². The van der Waals surface area contributed by atoms with Crippen LogP contribution in [0.4, 0.5) is 10.6 Å². The molecule has 3 rings (SSSR count). The molecule has 2 heterocycles. The van der Waals surface area contributed by atoms with Gasteiger partial charge < -0.3 is 10.5 Å². The SMILES string of the molecule is CC(C)n1nc2c(c1NC(=O)NS(=O)(=O)C(=CN)C1=NCCCO1)CCC2. The second kappa shape index (κ2) is 7.59. The molecule has 0 saturated heterocycles. The Morgan fingerprint density at radius 3 is 2.74 bits per heavy atom. The number of ether oxygens (including phenoxy) is 1. The molecule has 0 aromatic carbocycles. The maximum absolute atomic E-state index is 12.5. The highest BCUT2D eigenvalue weighted by Gasteiger charge is 2.29. The molecule has 0 fully saturated rings. The van der Waals surface area contributed by atoms with Crippen LogP contribution in [0.5, 0.6) is 0 Å². The zero-order valence-electron chi connectivity index (χ0n) is 15.4. The molecule has 0 unspecified atom stereocenters. The lowest BCUT2D eigenvalue weighted by Crippen LogP contribution is -2.38. The van der Waals surface area contributed by atoms with Gasteiger partial charge in [-0.3, -0.25) is 10.3 Å². The third-order valence-corrected chi connectivity index (χ3v) is 5.67. The molecule has 0 bridgehead atoms. The van der Waals surface area contributed by atoms with Crippen LogP contribution >= 0.6 is 0 Å². The summed E-state index contributed by atoms with van der Waals surface area (Å²) in [5, 5.41) is 7.15. The molecule has 1 aliphatic carbocycles. The minimum atomic E-state index is -4.23. The van der Waals surface area contributed by atoms with Crippen molar-refractivity contribution >= 4 is 27.8 Å². The summed E-state index contributed by atoms with van der Waals surface area (Å²) in [7, 11) is -4.23. The van der Waals surface area contributed by atoms with E-state index in [0.717, 1.165) is 36.7 Å². The summed E-state index contributed by atoms with van der Waals surface area (Å²) in [5.41, 5.74) is 7.34. The van der Waals surface area contributed by atoms with Crippen molar-refractivity contribution in [3.8, 4) is 0 Å². The lowest BCUT2D eigenvalue weighted by molar-refractivity contribution is 0.256. The predicted octanol–water partition coefficient (Wildman–Crippen LogP) is 1.02. The van der Waals surface area contributed by atoms with Crippen LogP contribution in [-0.4, -0.2) is 43.3 Å². The molecule has 0 spiro atoms. The summed E-state index contributed by atoms with van der Waals surface area (Å²) in [4.78, 5) is 16.1. The van der Waals surface area contributed by atoms with Crippen LogP contribution in [0.15, 0.2) is 16.1 Å². The highest BCUT2D eigenvalue weighted by Crippen LogP contribution is 2.30. The monoisotopic (exact) mass is 396 g/mol. The molecule has 2 amide bonds. The first-order chi connectivity index (χ1) is 12.8. The van der Waals surface area contributed by atoms with Gasteiger partial charge in [0, 0.05) is 30.8 Å². The number of hydrogen-bond acceptors (Lipinski definition) is 7. The quantitative estimate of drug-likeness (QED) is 0.679. The van der Waals surface area contributed by atoms with Crippen LogP contribution in [0, 0.1) is 0 Å². The fourth-order valence-electron chi connectivity index (χ4n) is 3.11. The first-order valence-corrected chi connectivity index (χ1v) is 10.4. The van der Waals surface area contributed by atoms with E-state index in [2.05, 4.69) is 15.4 Å². The number of nitrogens with one attached hydrogen (secondary N) is 2. The minimum absolute atomic E-state index is 0.0204. The normalized spacial score (nSPS) is 17.3. The Bertz CT molecular complexity index is 900. The standard InChI is InChI=1S/C16H24N6O4S/c1-10(2)22-14(11-5-3-6-12(11)20-22)19-16(23)21-27(24,25)13(9-17)15-18-7-4-8-26-15/h9-10H,3-8,17H2,1-2H3,(H2,19,21,23). The van der Waals surface area contributed by atoms with Crippen LogP contribution in [0.3, 0.4) is 0 Å². The molecule has 0 atom stereocenters. The molecule has 1 aromatic rings. The fourth-order valence-corrected chi connectivity index (χ4v) is 4.05.